The van der Waals surface area contributed by atoms with Crippen LogP contribution in [0.15, 0.2) is 170 Å². The first-order chi connectivity index (χ1) is 43.8. The van der Waals surface area contributed by atoms with E-state index in [1.54, 1.807) is 42.9 Å². The van der Waals surface area contributed by atoms with Gasteiger partial charge >= 0.3 is 12.2 Å². The summed E-state index contributed by atoms with van der Waals surface area (Å²) in [5.41, 5.74) is 10.1. The van der Waals surface area contributed by atoms with Crippen molar-refractivity contribution in [2.45, 2.75) is 97.9 Å². The Balaban J connectivity index is 0.000000234. The third-order valence-electron chi connectivity index (χ3n) is 13.3. The van der Waals surface area contributed by atoms with Gasteiger partial charge in [-0.2, -0.15) is 4.99 Å². The number of hydrogen-bond acceptors (Lipinski definition) is 12. The number of carbonyl (C=O) groups is 2. The lowest BCUT2D eigenvalue weighted by Crippen LogP contribution is -2.40. The number of benzene rings is 6. The molecule has 6 aromatic carbocycles. The second kappa shape index (κ2) is 38.1. The molecule has 0 aliphatic carbocycles. The molecule has 0 saturated carbocycles. The highest BCUT2D eigenvalue weighted by molar-refractivity contribution is 7.80. The Bertz CT molecular complexity index is 4030. The van der Waals surface area contributed by atoms with Gasteiger partial charge in [-0.15, -0.1) is 12.4 Å². The number of carbonyl (C=O) groups excluding carboxylic acids is 2. The molecular weight excluding hydrogens is 1330 g/mol. The van der Waals surface area contributed by atoms with Crippen molar-refractivity contribution in [2.24, 2.45) is 10.7 Å². The van der Waals surface area contributed by atoms with E-state index in [-0.39, 0.29) is 27.5 Å². The predicted molar refractivity (Wildman–Crippen MR) is 385 cm³/mol. The molecule has 2 amide bonds. The molecule has 0 radical (unpaired) electrons. The molecule has 0 fully saturated rings. The number of isothiocyanates is 1. The average Bonchev–Trinajstić information content (AvgIpc) is 1.35. The summed E-state index contributed by atoms with van der Waals surface area (Å²) in [6.45, 7) is 14.2. The molecule has 0 aliphatic heterocycles. The van der Waals surface area contributed by atoms with E-state index < -0.39 is 40.8 Å². The highest BCUT2D eigenvalue weighted by atomic mass is 35.5. The Hall–Kier alpha value is -7.42. The fourth-order valence-electron chi connectivity index (χ4n) is 8.97. The van der Waals surface area contributed by atoms with Crippen LogP contribution in [0.25, 0.3) is 32.3 Å². The maximum Gasteiger partial charge on any atom is 0.407 e. The minimum absolute atomic E-state index is 0. The van der Waals surface area contributed by atoms with E-state index in [1.807, 2.05) is 131 Å². The van der Waals surface area contributed by atoms with Crippen LogP contribution in [0.3, 0.4) is 0 Å². The van der Waals surface area contributed by atoms with Gasteiger partial charge in [-0.05, 0) is 184 Å². The van der Waals surface area contributed by atoms with E-state index in [1.165, 1.54) is 24.3 Å². The third kappa shape index (κ3) is 27.2. The monoisotopic (exact) mass is 1400 g/mol. The molecule has 23 heteroatoms. The van der Waals surface area contributed by atoms with Crippen molar-refractivity contribution in [3.63, 3.8) is 0 Å². The molecule has 4 N–H and O–H groups in total. The summed E-state index contributed by atoms with van der Waals surface area (Å²) in [4.78, 5) is 45.0. The highest BCUT2D eigenvalue weighted by Gasteiger charge is 2.19. The lowest BCUT2D eigenvalue weighted by atomic mass is 10.1. The van der Waals surface area contributed by atoms with Gasteiger partial charge in [0.1, 0.15) is 28.7 Å². The summed E-state index contributed by atoms with van der Waals surface area (Å²) < 4.78 is 51.3. The van der Waals surface area contributed by atoms with Gasteiger partial charge in [0.2, 0.25) is 0 Å². The number of alkyl carbamates (subject to hydrolysis) is 2. The van der Waals surface area contributed by atoms with E-state index in [2.05, 4.69) is 66.2 Å². The van der Waals surface area contributed by atoms with Crippen molar-refractivity contribution in [2.75, 3.05) is 32.7 Å². The van der Waals surface area contributed by atoms with Gasteiger partial charge < -0.3 is 35.6 Å². The quantitative estimate of drug-likeness (QED) is 0.0399. The van der Waals surface area contributed by atoms with E-state index in [0.717, 1.165) is 90.1 Å². The summed E-state index contributed by atoms with van der Waals surface area (Å²) >= 11 is 33.1. The number of nitrogens with one attached hydrogen (secondary N) is 2. The number of thiocarbonyl (C=S) groups is 3. The van der Waals surface area contributed by atoms with Crippen molar-refractivity contribution in [3.05, 3.63) is 225 Å². The van der Waals surface area contributed by atoms with Crippen molar-refractivity contribution in [1.29, 1.82) is 0 Å². The number of aryl methyl sites for hydroxylation is 1. The largest absolute Gasteiger partial charge is 0.444 e. The van der Waals surface area contributed by atoms with Crippen LogP contribution in [0.5, 0.6) is 0 Å². The number of fused-ring (bicyclic) bond motifs is 3. The highest BCUT2D eigenvalue weighted by Crippen LogP contribution is 2.24. The Labute approximate surface area is 579 Å². The van der Waals surface area contributed by atoms with Crippen LogP contribution in [0.4, 0.5) is 28.4 Å². The van der Waals surface area contributed by atoms with Gasteiger partial charge in [0.25, 0.3) is 0 Å². The summed E-state index contributed by atoms with van der Waals surface area (Å²) in [5, 5.41) is 14.7. The number of ether oxygens (including phenoxy) is 2. The van der Waals surface area contributed by atoms with E-state index >= 15 is 0 Å². The molecule has 0 saturated heterocycles. The third-order valence-corrected chi connectivity index (χ3v) is 15.1. The SMILES string of the molecule is CC(C)(C)OC(=O)NCCCCc1ccc(Cl)c(F)c1.CC(C)(C)OC(=O)NCCN(Cc1ccc(Cl)c(F)c1)C(=S)Cc1ccc2cnccc2c1.Cl.NCCN(Cc1ccc(Cl)c(F)c1)C(=S)Cc1ccc2cnccc2c1.S=C=Nc1ccc2cnccc2c1. The van der Waals surface area contributed by atoms with Crippen LogP contribution in [0, 0.1) is 17.5 Å². The molecule has 0 spiro atoms. The molecule has 93 heavy (non-hydrogen) atoms. The van der Waals surface area contributed by atoms with Gasteiger partial charge in [-0.1, -0.05) is 120 Å². The topological polar surface area (TPSA) is 160 Å². The second-order valence-corrected chi connectivity index (χ2v) is 25.4. The molecule has 9 aromatic rings. The van der Waals surface area contributed by atoms with Crippen molar-refractivity contribution in [1.82, 2.24) is 35.4 Å². The summed E-state index contributed by atoms with van der Waals surface area (Å²) in [7, 11) is 0. The molecule has 490 valence electrons. The first-order valence-corrected chi connectivity index (χ1v) is 31.8. The predicted octanol–water partition coefficient (Wildman–Crippen LogP) is 18.0. The molecule has 3 aromatic heterocycles. The molecule has 3 heterocycles. The van der Waals surface area contributed by atoms with E-state index in [9.17, 15) is 22.8 Å². The second-order valence-electron chi connectivity index (χ2n) is 23.1. The zero-order valence-corrected chi connectivity index (χ0v) is 57.9. The smallest absolute Gasteiger partial charge is 0.407 e. The van der Waals surface area contributed by atoms with Gasteiger partial charge in [0.05, 0.1) is 35.9 Å². The number of rotatable bonds is 19. The Morgan fingerprint density at radius 3 is 1.37 bits per heavy atom. The Kier molecular flexibility index (Phi) is 31.2. The van der Waals surface area contributed by atoms with Crippen molar-refractivity contribution < 1.29 is 32.2 Å². The number of aromatic nitrogens is 3. The number of amides is 2. The number of halogens is 7. The van der Waals surface area contributed by atoms with Crippen LogP contribution < -0.4 is 16.4 Å². The van der Waals surface area contributed by atoms with Crippen LogP contribution in [-0.4, -0.2) is 96.0 Å². The maximum atomic E-state index is 14.0. The van der Waals surface area contributed by atoms with Gasteiger partial charge in [-0.25, -0.2) is 22.8 Å². The zero-order valence-electron chi connectivity index (χ0n) is 52.4. The zero-order chi connectivity index (χ0) is 66.8. The number of nitrogens with two attached hydrogens (primary N) is 1. The number of aliphatic imine (C=N–C) groups is 1. The Morgan fingerprint density at radius 2 is 0.935 bits per heavy atom. The summed E-state index contributed by atoms with van der Waals surface area (Å²) in [6, 6.07) is 38.4. The molecule has 0 aliphatic rings. The van der Waals surface area contributed by atoms with Gasteiger partial charge in [-0.3, -0.25) is 15.0 Å². The maximum absolute atomic E-state index is 14.0. The number of pyridine rings is 3. The molecular formula is C70H74Cl4F3N9O4S3. The first kappa shape index (κ1) is 76.3. The molecule has 9 rings (SSSR count). The fraction of sp³-hybridized carbons (Fsp3) is 0.286. The first-order valence-electron chi connectivity index (χ1n) is 29.4. The van der Waals surface area contributed by atoms with Crippen LogP contribution in [0.1, 0.15) is 82.2 Å². The van der Waals surface area contributed by atoms with E-state index in [4.69, 9.17) is 74.4 Å². The average molecular weight is 1400 g/mol. The van der Waals surface area contributed by atoms with Crippen molar-refractivity contribution >= 4 is 149 Å². The standard InChI is InChI=1S/C25H27ClFN3O2S.C20H19ClFN3S.C15H21ClFNO2.C10H6N2S.ClH/c1-25(2,3)32-24(31)29-10-11-30(16-18-5-7-21(26)22(27)13-18)23(33)14-17-4-6-20-15-28-9-8-19(20)12-17;21-18-4-2-15(10-19(18)22)13-25(8-6-23)20(26)11-14-1-3-17-12-24-7-5-16(17)9-14;1-15(2,3)20-14(19)18-9-5-4-6-11-7-8-12(16)13(17)10-11;13-7-12-10-2-1-9-6-11-4-3-8(9)5-10;/h4-9,12-13,15H,10-11,14,16H2,1-3H3,(H,29,31);1-5,7,9-10,12H,6,8,11,13,23H2;7-8,10H,4-6,9H2,1-3H3,(H,18,19);1-6H;1H. The van der Waals surface area contributed by atoms with E-state index in [0.29, 0.717) is 63.6 Å². The molecule has 0 unspecified atom stereocenters. The molecule has 13 nitrogen and oxygen atoms in total. The van der Waals surface area contributed by atoms with Gasteiger partial charge in [0.15, 0.2) is 0 Å². The summed E-state index contributed by atoms with van der Waals surface area (Å²) in [5.74, 6) is -1.29. The minimum atomic E-state index is -0.578. The molecule has 0 atom stereocenters. The van der Waals surface area contributed by atoms with Crippen LogP contribution >= 0.6 is 83.9 Å². The Morgan fingerprint density at radius 1 is 0.538 bits per heavy atom. The fourth-order valence-corrected chi connectivity index (χ4v) is 10.1. The van der Waals surface area contributed by atoms with Crippen molar-refractivity contribution in [3.8, 4) is 0 Å². The number of unbranched alkanes of at least 4 members (excludes halogenated alkanes) is 1. The number of hydrogen-bond donors (Lipinski definition) is 3. The summed E-state index contributed by atoms with van der Waals surface area (Å²) in [6.07, 6.45) is 13.5. The molecule has 0 bridgehead atoms. The van der Waals surface area contributed by atoms with Gasteiger partial charge in [0, 0.05) is 112 Å². The number of nitrogens with zero attached hydrogens (tertiary/aromatic N) is 6. The lowest BCUT2D eigenvalue weighted by molar-refractivity contribution is 0.0514. The normalized spacial score (nSPS) is 10.8. The minimum Gasteiger partial charge on any atom is -0.444 e. The lowest BCUT2D eigenvalue weighted by Gasteiger charge is -2.26. The van der Waals surface area contributed by atoms with Crippen LogP contribution in [0.2, 0.25) is 15.1 Å². The van der Waals surface area contributed by atoms with Crippen LogP contribution in [-0.2, 0) is 41.8 Å².